The maximum Gasteiger partial charge on any atom is 0.160 e. The van der Waals surface area contributed by atoms with Crippen LogP contribution in [0.2, 0.25) is 0 Å². The minimum atomic E-state index is 0.700. The van der Waals surface area contributed by atoms with E-state index in [0.29, 0.717) is 5.82 Å². The number of hydrogen-bond acceptors (Lipinski definition) is 5. The van der Waals surface area contributed by atoms with Crippen molar-refractivity contribution in [2.45, 2.75) is 6.92 Å². The number of para-hydroxylation sites is 2. The summed E-state index contributed by atoms with van der Waals surface area (Å²) in [6.45, 7) is 2.12. The number of nitrogen functional groups attached to an aromatic ring is 1. The zero-order chi connectivity index (χ0) is 35.7. The monoisotopic (exact) mass is 698 g/mol. The fraction of sp³-hybridized carbons (Fsp3) is 0.0208. The molecule has 252 valence electrons. The van der Waals surface area contributed by atoms with E-state index in [9.17, 15) is 0 Å². The average Bonchev–Trinajstić information content (AvgIpc) is 3.66. The Balaban J connectivity index is 1.22. The summed E-state index contributed by atoms with van der Waals surface area (Å²) >= 11 is 1.72. The van der Waals surface area contributed by atoms with Crippen LogP contribution in [0.4, 0.5) is 5.69 Å². The Morgan fingerprint density at radius 1 is 0.415 bits per heavy atom. The predicted octanol–water partition coefficient (Wildman–Crippen LogP) is 12.6. The summed E-state index contributed by atoms with van der Waals surface area (Å²) < 4.78 is 1.17. The van der Waals surface area contributed by atoms with Gasteiger partial charge in [-0.3, -0.25) is 0 Å². The fourth-order valence-corrected chi connectivity index (χ4v) is 8.02. The molecule has 0 radical (unpaired) electrons. The van der Waals surface area contributed by atoms with Crippen LogP contribution in [0.5, 0.6) is 0 Å². The van der Waals surface area contributed by atoms with E-state index in [0.717, 1.165) is 88.8 Å². The van der Waals surface area contributed by atoms with Crippen molar-refractivity contribution in [1.82, 2.24) is 15.0 Å². The van der Waals surface area contributed by atoms with E-state index in [1.165, 1.54) is 4.70 Å². The third kappa shape index (κ3) is 6.28. The minimum absolute atomic E-state index is 0.700. The van der Waals surface area contributed by atoms with Crippen molar-refractivity contribution in [3.63, 3.8) is 0 Å². The van der Waals surface area contributed by atoms with Gasteiger partial charge in [-0.1, -0.05) is 133 Å². The quantitative estimate of drug-likeness (QED) is 0.168. The normalized spacial score (nSPS) is 11.2. The first-order valence-corrected chi connectivity index (χ1v) is 18.5. The third-order valence-electron chi connectivity index (χ3n) is 9.66. The van der Waals surface area contributed by atoms with E-state index >= 15 is 0 Å². The molecule has 4 nitrogen and oxygen atoms in total. The van der Waals surface area contributed by atoms with E-state index in [1.807, 2.05) is 48.5 Å². The molecule has 2 N–H and O–H groups in total. The molecule has 0 unspecified atom stereocenters. The molecule has 0 saturated heterocycles. The number of aromatic nitrogens is 3. The van der Waals surface area contributed by atoms with Crippen molar-refractivity contribution in [3.05, 3.63) is 181 Å². The maximum absolute atomic E-state index is 6.61. The summed E-state index contributed by atoms with van der Waals surface area (Å²) in [5.74, 6) is 0.700. The second kappa shape index (κ2) is 13.8. The second-order valence-corrected chi connectivity index (χ2v) is 14.1. The van der Waals surface area contributed by atoms with Gasteiger partial charge in [0.05, 0.1) is 21.6 Å². The highest BCUT2D eigenvalue weighted by atomic mass is 32.1. The summed E-state index contributed by atoms with van der Waals surface area (Å²) in [6, 6.07) is 61.0. The van der Waals surface area contributed by atoms with Gasteiger partial charge in [-0.05, 0) is 77.2 Å². The van der Waals surface area contributed by atoms with Gasteiger partial charge < -0.3 is 5.73 Å². The molecule has 2 heterocycles. The van der Waals surface area contributed by atoms with Crippen LogP contribution in [0.15, 0.2) is 176 Å². The Hall–Kier alpha value is -6.69. The zero-order valence-corrected chi connectivity index (χ0v) is 29.9. The van der Waals surface area contributed by atoms with Crippen LogP contribution in [0, 0.1) is 6.92 Å². The molecule has 0 atom stereocenters. The molecular formula is C48H34N4S. The number of hydrogen-bond donors (Lipinski definition) is 1. The molecule has 9 aromatic rings. The van der Waals surface area contributed by atoms with Crippen LogP contribution in [-0.2, 0) is 0 Å². The van der Waals surface area contributed by atoms with Crippen LogP contribution < -0.4 is 5.73 Å². The summed E-state index contributed by atoms with van der Waals surface area (Å²) in [4.78, 5) is 15.3. The molecule has 0 amide bonds. The van der Waals surface area contributed by atoms with Crippen LogP contribution in [0.1, 0.15) is 5.56 Å². The minimum Gasteiger partial charge on any atom is -0.398 e. The van der Waals surface area contributed by atoms with Crippen molar-refractivity contribution in [2.75, 3.05) is 5.73 Å². The maximum atomic E-state index is 6.61. The first-order valence-electron chi connectivity index (χ1n) is 17.6. The molecule has 0 bridgehead atoms. The first kappa shape index (κ1) is 32.2. The van der Waals surface area contributed by atoms with Crippen LogP contribution >= 0.6 is 11.3 Å². The van der Waals surface area contributed by atoms with E-state index in [4.69, 9.17) is 20.7 Å². The average molecular weight is 699 g/mol. The number of nitrogens with zero attached hydrogens (tertiary/aromatic N) is 3. The fourth-order valence-electron chi connectivity index (χ4n) is 7.01. The van der Waals surface area contributed by atoms with Gasteiger partial charge in [-0.15, -0.1) is 11.3 Å². The van der Waals surface area contributed by atoms with E-state index in [-0.39, 0.29) is 0 Å². The van der Waals surface area contributed by atoms with Gasteiger partial charge in [0.1, 0.15) is 5.01 Å². The Bertz CT molecular complexity index is 2720. The largest absolute Gasteiger partial charge is 0.398 e. The summed E-state index contributed by atoms with van der Waals surface area (Å²) in [6.07, 6.45) is 0. The van der Waals surface area contributed by atoms with Gasteiger partial charge in [0, 0.05) is 39.1 Å². The highest BCUT2D eigenvalue weighted by Gasteiger charge is 2.18. The number of nitrogens with two attached hydrogens (primary N) is 1. The predicted molar refractivity (Wildman–Crippen MR) is 222 cm³/mol. The molecule has 9 rings (SSSR count). The third-order valence-corrected chi connectivity index (χ3v) is 10.7. The van der Waals surface area contributed by atoms with Crippen molar-refractivity contribution in [3.8, 4) is 77.9 Å². The molecule has 0 aliphatic carbocycles. The van der Waals surface area contributed by atoms with E-state index < -0.39 is 0 Å². The molecule has 7 aromatic carbocycles. The summed E-state index contributed by atoms with van der Waals surface area (Å²) in [5.41, 5.74) is 21.8. The van der Waals surface area contributed by atoms with Crippen LogP contribution in [0.3, 0.4) is 0 Å². The molecule has 0 aliphatic heterocycles. The van der Waals surface area contributed by atoms with E-state index in [2.05, 4.69) is 134 Å². The Kier molecular flexibility index (Phi) is 8.39. The zero-order valence-electron chi connectivity index (χ0n) is 29.1. The Morgan fingerprint density at radius 2 is 0.943 bits per heavy atom. The Labute approximate surface area is 313 Å². The summed E-state index contributed by atoms with van der Waals surface area (Å²) in [5, 5.41) is 0.998. The number of thiazole rings is 1. The van der Waals surface area contributed by atoms with Crippen molar-refractivity contribution in [2.24, 2.45) is 0 Å². The Morgan fingerprint density at radius 3 is 1.68 bits per heavy atom. The lowest BCUT2D eigenvalue weighted by molar-refractivity contribution is 1.15. The molecule has 0 saturated carbocycles. The molecule has 0 fully saturated rings. The number of benzene rings is 7. The SMILES string of the molecule is Cc1c(-c2ccccc2)nc(-c2ccccc2)nc1-c1cccc(-c2cc(-c3ccccc3N)cc(-c3ccccc3-c3nc4ccccc4s3)c2)c1. The van der Waals surface area contributed by atoms with Gasteiger partial charge in [-0.25, -0.2) is 15.0 Å². The highest BCUT2D eigenvalue weighted by molar-refractivity contribution is 7.21. The van der Waals surface area contributed by atoms with Crippen molar-refractivity contribution < 1.29 is 0 Å². The molecule has 5 heteroatoms. The lowest BCUT2D eigenvalue weighted by Crippen LogP contribution is -2.00. The van der Waals surface area contributed by atoms with Crippen LogP contribution in [0.25, 0.3) is 88.1 Å². The standard InChI is InChI=1S/C48H34N4S/c1-31-45(32-15-4-2-5-16-32)51-47(33-17-6-3-7-18-33)52-46(31)35-20-14-19-34(27-35)36-28-37(30-38(29-36)40-22-10-11-24-42(40)49)39-21-8-9-23-41(39)48-50-43-25-12-13-26-44(43)53-48/h2-30H,49H2,1H3. The smallest absolute Gasteiger partial charge is 0.160 e. The first-order chi connectivity index (χ1) is 26.1. The number of rotatable bonds is 7. The topological polar surface area (TPSA) is 64.7 Å². The lowest BCUT2D eigenvalue weighted by Gasteiger charge is -2.16. The van der Waals surface area contributed by atoms with Gasteiger partial charge in [0.25, 0.3) is 0 Å². The number of anilines is 1. The van der Waals surface area contributed by atoms with Crippen molar-refractivity contribution >= 4 is 27.2 Å². The van der Waals surface area contributed by atoms with Gasteiger partial charge in [0.2, 0.25) is 0 Å². The molecular weight excluding hydrogens is 665 g/mol. The van der Waals surface area contributed by atoms with Crippen LogP contribution in [-0.4, -0.2) is 15.0 Å². The molecule has 0 aliphatic rings. The molecule has 53 heavy (non-hydrogen) atoms. The van der Waals surface area contributed by atoms with Gasteiger partial charge in [0.15, 0.2) is 5.82 Å². The van der Waals surface area contributed by atoms with E-state index in [1.54, 1.807) is 11.3 Å². The van der Waals surface area contributed by atoms with Gasteiger partial charge >= 0.3 is 0 Å². The molecule has 2 aromatic heterocycles. The number of fused-ring (bicyclic) bond motifs is 1. The summed E-state index contributed by atoms with van der Waals surface area (Å²) in [7, 11) is 0. The molecule has 0 spiro atoms. The van der Waals surface area contributed by atoms with Crippen molar-refractivity contribution in [1.29, 1.82) is 0 Å². The van der Waals surface area contributed by atoms with Gasteiger partial charge in [-0.2, -0.15) is 0 Å². The lowest BCUT2D eigenvalue weighted by atomic mass is 9.90. The second-order valence-electron chi connectivity index (χ2n) is 13.1. The highest BCUT2D eigenvalue weighted by Crippen LogP contribution is 2.41.